The number of nitrogens with zero attached hydrogens (tertiary/aromatic N) is 2. The lowest BCUT2D eigenvalue weighted by Crippen LogP contribution is -2.26. The number of likely N-dealkylation sites (N-methyl/N-ethyl adjacent to an activating group) is 2. The van der Waals surface area contributed by atoms with Gasteiger partial charge in [0.05, 0.1) is 4.92 Å². The van der Waals surface area contributed by atoms with Crippen molar-refractivity contribution in [2.75, 3.05) is 27.2 Å². The predicted molar refractivity (Wildman–Crippen MR) is 63.4 cm³/mol. The van der Waals surface area contributed by atoms with Crippen LogP contribution in [0.5, 0.6) is 0 Å². The SMILES string of the molecule is CNCCN(C)Cc1ccc([N+](=O)[O-])cc1. The Morgan fingerprint density at radius 1 is 1.38 bits per heavy atom. The van der Waals surface area contributed by atoms with Crippen molar-refractivity contribution in [2.45, 2.75) is 6.54 Å². The van der Waals surface area contributed by atoms with Crippen molar-refractivity contribution in [1.29, 1.82) is 0 Å². The van der Waals surface area contributed by atoms with E-state index in [1.165, 1.54) is 0 Å². The van der Waals surface area contributed by atoms with Crippen LogP contribution in [0.3, 0.4) is 0 Å². The van der Waals surface area contributed by atoms with E-state index in [1.807, 2.05) is 14.1 Å². The largest absolute Gasteiger partial charge is 0.318 e. The molecule has 0 amide bonds. The standard InChI is InChI=1S/C11H17N3O2/c1-12-7-8-13(2)9-10-3-5-11(6-4-10)14(15)16/h3-6,12H,7-9H2,1-2H3. The molecular formula is C11H17N3O2. The van der Waals surface area contributed by atoms with E-state index in [1.54, 1.807) is 24.3 Å². The highest BCUT2D eigenvalue weighted by Crippen LogP contribution is 2.12. The van der Waals surface area contributed by atoms with E-state index in [0.717, 1.165) is 25.2 Å². The van der Waals surface area contributed by atoms with Crippen LogP contribution in [0.15, 0.2) is 24.3 Å². The second-order valence-corrected chi connectivity index (χ2v) is 3.76. The number of nitrogens with one attached hydrogen (secondary N) is 1. The maximum Gasteiger partial charge on any atom is 0.269 e. The monoisotopic (exact) mass is 223 g/mol. The molecule has 1 rings (SSSR count). The predicted octanol–water partition coefficient (Wildman–Crippen LogP) is 1.25. The molecule has 0 heterocycles. The molecular weight excluding hydrogens is 206 g/mol. The Bertz CT molecular complexity index is 338. The van der Waals surface area contributed by atoms with Crippen LogP contribution in [0, 0.1) is 10.1 Å². The Balaban J connectivity index is 2.51. The molecule has 1 N–H and O–H groups in total. The van der Waals surface area contributed by atoms with E-state index in [9.17, 15) is 10.1 Å². The zero-order valence-electron chi connectivity index (χ0n) is 9.64. The topological polar surface area (TPSA) is 58.4 Å². The molecule has 5 nitrogen and oxygen atoms in total. The van der Waals surface area contributed by atoms with E-state index < -0.39 is 0 Å². The number of nitro groups is 1. The fourth-order valence-corrected chi connectivity index (χ4v) is 1.42. The Morgan fingerprint density at radius 3 is 2.50 bits per heavy atom. The lowest BCUT2D eigenvalue weighted by molar-refractivity contribution is -0.384. The molecule has 0 unspecified atom stereocenters. The minimum Gasteiger partial charge on any atom is -0.318 e. The second kappa shape index (κ2) is 6.19. The molecule has 0 spiro atoms. The van der Waals surface area contributed by atoms with Crippen molar-refractivity contribution in [3.8, 4) is 0 Å². The molecule has 0 bridgehead atoms. The van der Waals surface area contributed by atoms with Crippen molar-refractivity contribution in [2.24, 2.45) is 0 Å². The molecule has 0 atom stereocenters. The highest BCUT2D eigenvalue weighted by atomic mass is 16.6. The first-order valence-corrected chi connectivity index (χ1v) is 5.20. The number of hydrogen-bond acceptors (Lipinski definition) is 4. The summed E-state index contributed by atoms with van der Waals surface area (Å²) in [5.74, 6) is 0. The number of nitro benzene ring substituents is 1. The molecule has 5 heteroatoms. The zero-order valence-corrected chi connectivity index (χ0v) is 9.64. The molecule has 0 aliphatic carbocycles. The summed E-state index contributed by atoms with van der Waals surface area (Å²) in [5.41, 5.74) is 1.23. The third-order valence-corrected chi connectivity index (χ3v) is 2.34. The van der Waals surface area contributed by atoms with Crippen LogP contribution in [0.25, 0.3) is 0 Å². The Labute approximate surface area is 95.2 Å². The fourth-order valence-electron chi connectivity index (χ4n) is 1.42. The number of benzene rings is 1. The molecule has 16 heavy (non-hydrogen) atoms. The molecule has 0 saturated heterocycles. The summed E-state index contributed by atoms with van der Waals surface area (Å²) in [6, 6.07) is 6.69. The average molecular weight is 223 g/mol. The van der Waals surface area contributed by atoms with Crippen LogP contribution in [0.2, 0.25) is 0 Å². The van der Waals surface area contributed by atoms with Crippen LogP contribution in [0.1, 0.15) is 5.56 Å². The van der Waals surface area contributed by atoms with Gasteiger partial charge < -0.3 is 10.2 Å². The van der Waals surface area contributed by atoms with Gasteiger partial charge in [-0.3, -0.25) is 10.1 Å². The van der Waals surface area contributed by atoms with Gasteiger partial charge in [-0.2, -0.15) is 0 Å². The van der Waals surface area contributed by atoms with Crippen LogP contribution in [0.4, 0.5) is 5.69 Å². The molecule has 1 aromatic carbocycles. The third kappa shape index (κ3) is 3.96. The quantitative estimate of drug-likeness (QED) is 0.582. The van der Waals surface area contributed by atoms with Gasteiger partial charge in [0.15, 0.2) is 0 Å². The van der Waals surface area contributed by atoms with Crippen LogP contribution in [-0.2, 0) is 6.54 Å². The highest BCUT2D eigenvalue weighted by Gasteiger charge is 2.05. The summed E-state index contributed by atoms with van der Waals surface area (Å²) in [7, 11) is 3.94. The molecule has 1 aromatic rings. The normalized spacial score (nSPS) is 10.7. The van der Waals surface area contributed by atoms with E-state index >= 15 is 0 Å². The molecule has 0 aromatic heterocycles. The van der Waals surface area contributed by atoms with E-state index in [-0.39, 0.29) is 10.6 Å². The average Bonchev–Trinajstić information content (AvgIpc) is 2.27. The van der Waals surface area contributed by atoms with Crippen molar-refractivity contribution >= 4 is 5.69 Å². The van der Waals surface area contributed by atoms with Gasteiger partial charge in [-0.25, -0.2) is 0 Å². The summed E-state index contributed by atoms with van der Waals surface area (Å²) in [5, 5.41) is 13.5. The maximum absolute atomic E-state index is 10.5. The van der Waals surface area contributed by atoms with Gasteiger partial charge in [0.25, 0.3) is 5.69 Å². The summed E-state index contributed by atoms with van der Waals surface area (Å²) in [4.78, 5) is 12.2. The summed E-state index contributed by atoms with van der Waals surface area (Å²) in [6.07, 6.45) is 0. The highest BCUT2D eigenvalue weighted by molar-refractivity contribution is 5.32. The third-order valence-electron chi connectivity index (χ3n) is 2.34. The van der Waals surface area contributed by atoms with E-state index in [0.29, 0.717) is 0 Å². The van der Waals surface area contributed by atoms with Crippen molar-refractivity contribution in [3.63, 3.8) is 0 Å². The Kier molecular flexibility index (Phi) is 4.88. The molecule has 0 radical (unpaired) electrons. The first-order valence-electron chi connectivity index (χ1n) is 5.20. The molecule has 88 valence electrons. The van der Waals surface area contributed by atoms with E-state index in [2.05, 4.69) is 10.2 Å². The van der Waals surface area contributed by atoms with E-state index in [4.69, 9.17) is 0 Å². The number of hydrogen-bond donors (Lipinski definition) is 1. The van der Waals surface area contributed by atoms with Crippen LogP contribution >= 0.6 is 0 Å². The zero-order chi connectivity index (χ0) is 12.0. The summed E-state index contributed by atoms with van der Waals surface area (Å²) < 4.78 is 0. The van der Waals surface area contributed by atoms with Gasteiger partial charge in [-0.1, -0.05) is 12.1 Å². The maximum atomic E-state index is 10.5. The van der Waals surface area contributed by atoms with Crippen molar-refractivity contribution < 1.29 is 4.92 Å². The molecule has 0 fully saturated rings. The fraction of sp³-hybridized carbons (Fsp3) is 0.455. The van der Waals surface area contributed by atoms with Crippen molar-refractivity contribution in [3.05, 3.63) is 39.9 Å². The summed E-state index contributed by atoms with van der Waals surface area (Å²) >= 11 is 0. The van der Waals surface area contributed by atoms with Crippen LogP contribution in [-0.4, -0.2) is 37.0 Å². The number of non-ortho nitro benzene ring substituents is 1. The van der Waals surface area contributed by atoms with Gasteiger partial charge in [-0.05, 0) is 19.7 Å². The first kappa shape index (κ1) is 12.6. The Hall–Kier alpha value is -1.46. The minimum absolute atomic E-state index is 0.140. The Morgan fingerprint density at radius 2 is 2.00 bits per heavy atom. The second-order valence-electron chi connectivity index (χ2n) is 3.76. The lowest BCUT2D eigenvalue weighted by atomic mass is 10.2. The minimum atomic E-state index is -0.380. The molecule has 0 aliphatic heterocycles. The molecule has 0 saturated carbocycles. The lowest BCUT2D eigenvalue weighted by Gasteiger charge is -2.15. The first-order chi connectivity index (χ1) is 7.63. The summed E-state index contributed by atoms with van der Waals surface area (Å²) in [6.45, 7) is 2.69. The van der Waals surface area contributed by atoms with Gasteiger partial charge in [0.2, 0.25) is 0 Å². The van der Waals surface area contributed by atoms with Gasteiger partial charge >= 0.3 is 0 Å². The van der Waals surface area contributed by atoms with Gasteiger partial charge in [0.1, 0.15) is 0 Å². The number of rotatable bonds is 6. The van der Waals surface area contributed by atoms with Crippen molar-refractivity contribution in [1.82, 2.24) is 10.2 Å². The van der Waals surface area contributed by atoms with Gasteiger partial charge in [0, 0.05) is 31.8 Å². The van der Waals surface area contributed by atoms with Gasteiger partial charge in [-0.15, -0.1) is 0 Å². The molecule has 0 aliphatic rings. The smallest absolute Gasteiger partial charge is 0.269 e. The van der Waals surface area contributed by atoms with Crippen LogP contribution < -0.4 is 5.32 Å².